The smallest absolute Gasteiger partial charge is 0.330 e. The average Bonchev–Trinajstić information content (AvgIpc) is 2.46. The van der Waals surface area contributed by atoms with Crippen LogP contribution in [0.2, 0.25) is 0 Å². The summed E-state index contributed by atoms with van der Waals surface area (Å²) in [4.78, 5) is 27.3. The normalized spacial score (nSPS) is 17.7. The second-order valence-electron chi connectivity index (χ2n) is 4.90. The van der Waals surface area contributed by atoms with Gasteiger partial charge in [0.2, 0.25) is 5.91 Å². The number of nitrogens with one attached hydrogen (secondary N) is 1. The number of amides is 1. The molecule has 1 fully saturated rings. The molecular weight excluding hydrogens is 244 g/mol. The molecule has 1 aromatic heterocycles. The van der Waals surface area contributed by atoms with Gasteiger partial charge < -0.3 is 10.4 Å². The van der Waals surface area contributed by atoms with E-state index in [1.54, 1.807) is 18.3 Å². The number of hydrogen-bond acceptors (Lipinski definition) is 3. The van der Waals surface area contributed by atoms with E-state index in [-0.39, 0.29) is 11.8 Å². The van der Waals surface area contributed by atoms with E-state index in [0.717, 1.165) is 32.1 Å². The second kappa shape index (κ2) is 6.31. The number of aliphatic carboxylic acids is 1. The third-order valence-corrected chi connectivity index (χ3v) is 3.53. The summed E-state index contributed by atoms with van der Waals surface area (Å²) >= 11 is 0. The maximum atomic E-state index is 12.1. The van der Waals surface area contributed by atoms with Crippen molar-refractivity contribution >= 4 is 11.9 Å². The topological polar surface area (TPSA) is 79.3 Å². The summed E-state index contributed by atoms with van der Waals surface area (Å²) in [6.45, 7) is 0. The number of hydrogen-bond donors (Lipinski definition) is 2. The van der Waals surface area contributed by atoms with E-state index in [0.29, 0.717) is 5.56 Å². The standard InChI is InChI=1S/C14H18N2O3/c17-13(10-5-2-1-3-6-10)16-12(14(18)19)11-7-4-8-15-9-11/h4,7-10,12H,1-3,5-6H2,(H,16,17)(H,18,19). The minimum absolute atomic E-state index is 0.0488. The van der Waals surface area contributed by atoms with Crippen LogP contribution in [0, 0.1) is 5.92 Å². The van der Waals surface area contributed by atoms with Crippen LogP contribution in [0.15, 0.2) is 24.5 Å². The third-order valence-electron chi connectivity index (χ3n) is 3.53. The van der Waals surface area contributed by atoms with Gasteiger partial charge in [-0.2, -0.15) is 0 Å². The second-order valence-corrected chi connectivity index (χ2v) is 4.90. The molecule has 0 bridgehead atoms. The minimum atomic E-state index is -1.06. The molecule has 102 valence electrons. The van der Waals surface area contributed by atoms with Gasteiger partial charge in [0.1, 0.15) is 0 Å². The van der Waals surface area contributed by atoms with Crippen LogP contribution in [-0.4, -0.2) is 22.0 Å². The van der Waals surface area contributed by atoms with E-state index >= 15 is 0 Å². The lowest BCUT2D eigenvalue weighted by molar-refractivity contribution is -0.142. The molecule has 1 aliphatic rings. The number of carbonyl (C=O) groups excluding carboxylic acids is 1. The number of rotatable bonds is 4. The molecule has 1 atom stereocenters. The molecule has 0 radical (unpaired) electrons. The van der Waals surface area contributed by atoms with Gasteiger partial charge in [-0.1, -0.05) is 25.3 Å². The van der Waals surface area contributed by atoms with Gasteiger partial charge in [-0.25, -0.2) is 4.79 Å². The van der Waals surface area contributed by atoms with Crippen LogP contribution in [-0.2, 0) is 9.59 Å². The zero-order chi connectivity index (χ0) is 13.7. The average molecular weight is 262 g/mol. The van der Waals surface area contributed by atoms with Crippen molar-refractivity contribution in [2.45, 2.75) is 38.1 Å². The Morgan fingerprint density at radius 3 is 2.63 bits per heavy atom. The van der Waals surface area contributed by atoms with Crippen molar-refractivity contribution in [2.24, 2.45) is 5.92 Å². The summed E-state index contributed by atoms with van der Waals surface area (Å²) in [6.07, 6.45) is 8.00. The number of carbonyl (C=O) groups is 2. The Hall–Kier alpha value is -1.91. The predicted molar refractivity (Wildman–Crippen MR) is 69.3 cm³/mol. The lowest BCUT2D eigenvalue weighted by atomic mass is 9.88. The molecule has 0 aliphatic heterocycles. The highest BCUT2D eigenvalue weighted by molar-refractivity contribution is 5.85. The summed E-state index contributed by atoms with van der Waals surface area (Å²) in [6, 6.07) is 2.31. The lowest BCUT2D eigenvalue weighted by Gasteiger charge is -2.23. The van der Waals surface area contributed by atoms with Crippen LogP contribution in [0.1, 0.15) is 43.7 Å². The number of carboxylic acids is 1. The van der Waals surface area contributed by atoms with Gasteiger partial charge >= 0.3 is 5.97 Å². The molecule has 5 nitrogen and oxygen atoms in total. The molecule has 1 heterocycles. The predicted octanol–water partition coefficient (Wildman–Crippen LogP) is 1.90. The lowest BCUT2D eigenvalue weighted by Crippen LogP contribution is -2.38. The van der Waals surface area contributed by atoms with Crippen molar-refractivity contribution in [3.05, 3.63) is 30.1 Å². The number of nitrogens with zero attached hydrogens (tertiary/aromatic N) is 1. The summed E-state index contributed by atoms with van der Waals surface area (Å²) in [7, 11) is 0. The van der Waals surface area contributed by atoms with Gasteiger partial charge in [-0.15, -0.1) is 0 Å². The quantitative estimate of drug-likeness (QED) is 0.868. The van der Waals surface area contributed by atoms with Crippen LogP contribution in [0.3, 0.4) is 0 Å². The number of carboxylic acid groups (broad SMARTS) is 1. The van der Waals surface area contributed by atoms with Gasteiger partial charge in [-0.3, -0.25) is 9.78 Å². The zero-order valence-corrected chi connectivity index (χ0v) is 10.7. The van der Waals surface area contributed by atoms with Crippen LogP contribution in [0.5, 0.6) is 0 Å². The van der Waals surface area contributed by atoms with E-state index < -0.39 is 12.0 Å². The van der Waals surface area contributed by atoms with Crippen LogP contribution >= 0.6 is 0 Å². The molecule has 0 aromatic carbocycles. The molecule has 5 heteroatoms. The first kappa shape index (κ1) is 13.5. The van der Waals surface area contributed by atoms with E-state index in [4.69, 9.17) is 0 Å². The van der Waals surface area contributed by atoms with Crippen molar-refractivity contribution in [1.82, 2.24) is 10.3 Å². The molecule has 0 spiro atoms. The van der Waals surface area contributed by atoms with Crippen LogP contribution < -0.4 is 5.32 Å². The number of aromatic nitrogens is 1. The Morgan fingerprint density at radius 2 is 2.05 bits per heavy atom. The van der Waals surface area contributed by atoms with E-state index in [9.17, 15) is 14.7 Å². The molecule has 1 amide bonds. The first-order valence-corrected chi connectivity index (χ1v) is 6.61. The monoisotopic (exact) mass is 262 g/mol. The Kier molecular flexibility index (Phi) is 4.49. The Morgan fingerprint density at radius 1 is 1.32 bits per heavy atom. The third kappa shape index (κ3) is 3.53. The van der Waals surface area contributed by atoms with E-state index in [1.807, 2.05) is 0 Å². The summed E-state index contributed by atoms with van der Waals surface area (Å²) in [5, 5.41) is 11.9. The van der Waals surface area contributed by atoms with E-state index in [2.05, 4.69) is 10.3 Å². The summed E-state index contributed by atoms with van der Waals surface area (Å²) < 4.78 is 0. The maximum Gasteiger partial charge on any atom is 0.330 e. The molecule has 2 rings (SSSR count). The van der Waals surface area contributed by atoms with Gasteiger partial charge in [0.05, 0.1) is 0 Å². The fraction of sp³-hybridized carbons (Fsp3) is 0.500. The van der Waals surface area contributed by atoms with Crippen molar-refractivity contribution < 1.29 is 14.7 Å². The highest BCUT2D eigenvalue weighted by Crippen LogP contribution is 2.24. The Bertz CT molecular complexity index is 441. The minimum Gasteiger partial charge on any atom is -0.479 e. The molecule has 1 saturated carbocycles. The number of pyridine rings is 1. The molecule has 1 aromatic rings. The van der Waals surface area contributed by atoms with Crippen molar-refractivity contribution in [2.75, 3.05) is 0 Å². The van der Waals surface area contributed by atoms with Gasteiger partial charge in [-0.05, 0) is 18.9 Å². The summed E-state index contributed by atoms with van der Waals surface area (Å²) in [5.41, 5.74) is 0.499. The van der Waals surface area contributed by atoms with Gasteiger partial charge in [0, 0.05) is 23.9 Å². The molecule has 1 unspecified atom stereocenters. The molecular formula is C14H18N2O3. The molecule has 2 N–H and O–H groups in total. The largest absolute Gasteiger partial charge is 0.479 e. The highest BCUT2D eigenvalue weighted by atomic mass is 16.4. The fourth-order valence-electron chi connectivity index (χ4n) is 2.46. The van der Waals surface area contributed by atoms with Crippen LogP contribution in [0.4, 0.5) is 0 Å². The Balaban J connectivity index is 2.04. The van der Waals surface area contributed by atoms with Crippen molar-refractivity contribution in [3.63, 3.8) is 0 Å². The van der Waals surface area contributed by atoms with E-state index in [1.165, 1.54) is 6.20 Å². The molecule has 19 heavy (non-hydrogen) atoms. The highest BCUT2D eigenvalue weighted by Gasteiger charge is 2.27. The van der Waals surface area contributed by atoms with Crippen LogP contribution in [0.25, 0.3) is 0 Å². The zero-order valence-electron chi connectivity index (χ0n) is 10.7. The SMILES string of the molecule is O=C(NC(C(=O)O)c1cccnc1)C1CCCCC1. The van der Waals surface area contributed by atoms with Gasteiger partial charge in [0.15, 0.2) is 6.04 Å². The summed E-state index contributed by atoms with van der Waals surface area (Å²) in [5.74, 6) is -1.26. The molecule has 0 saturated heterocycles. The first-order chi connectivity index (χ1) is 9.18. The van der Waals surface area contributed by atoms with Gasteiger partial charge in [0.25, 0.3) is 0 Å². The fourth-order valence-corrected chi connectivity index (χ4v) is 2.46. The molecule has 1 aliphatic carbocycles. The van der Waals surface area contributed by atoms with Crippen molar-refractivity contribution in [3.8, 4) is 0 Å². The van der Waals surface area contributed by atoms with Crippen molar-refractivity contribution in [1.29, 1.82) is 0 Å². The first-order valence-electron chi connectivity index (χ1n) is 6.61. The Labute approximate surface area is 112 Å². The maximum absolute atomic E-state index is 12.1.